The van der Waals surface area contributed by atoms with Crippen LogP contribution in [-0.4, -0.2) is 42.8 Å². The second-order valence-corrected chi connectivity index (χ2v) is 5.95. The highest BCUT2D eigenvalue weighted by Crippen LogP contribution is 2.29. The van der Waals surface area contributed by atoms with Crippen molar-refractivity contribution >= 4 is 33.3 Å². The van der Waals surface area contributed by atoms with Gasteiger partial charge in [-0.1, -0.05) is 0 Å². The molecule has 1 aliphatic heterocycles. The van der Waals surface area contributed by atoms with Crippen molar-refractivity contribution in [3.05, 3.63) is 11.4 Å². The van der Waals surface area contributed by atoms with Crippen molar-refractivity contribution in [2.45, 2.75) is 25.9 Å². The van der Waals surface area contributed by atoms with Gasteiger partial charge in [-0.15, -0.1) is 11.3 Å². The predicted molar refractivity (Wildman–Crippen MR) is 83.8 cm³/mol. The van der Waals surface area contributed by atoms with Gasteiger partial charge in [0.05, 0.1) is 11.5 Å². The Labute approximate surface area is 123 Å². The standard InChI is InChI=1S/C14H20N4OS/c1-3-15-14-16-12(11-6-8-20-13(11)17-14)18(2)9-10-5-4-7-19-10/h6,8,10H,3-5,7,9H2,1-2H3,(H,15,16,17). The van der Waals surface area contributed by atoms with Crippen molar-refractivity contribution in [2.24, 2.45) is 0 Å². The molecule has 0 aromatic carbocycles. The van der Waals surface area contributed by atoms with Gasteiger partial charge < -0.3 is 15.0 Å². The Hall–Kier alpha value is -1.40. The molecule has 5 nitrogen and oxygen atoms in total. The highest BCUT2D eigenvalue weighted by atomic mass is 32.1. The first kappa shape index (κ1) is 13.6. The average Bonchev–Trinajstić information content (AvgIpc) is 3.08. The van der Waals surface area contributed by atoms with E-state index in [-0.39, 0.29) is 0 Å². The normalized spacial score (nSPS) is 18.6. The maximum absolute atomic E-state index is 5.72. The predicted octanol–water partition coefficient (Wildman–Crippen LogP) is 2.74. The third kappa shape index (κ3) is 2.71. The van der Waals surface area contributed by atoms with E-state index in [1.807, 2.05) is 0 Å². The lowest BCUT2D eigenvalue weighted by atomic mass is 10.2. The van der Waals surface area contributed by atoms with E-state index < -0.39 is 0 Å². The maximum atomic E-state index is 5.72. The van der Waals surface area contributed by atoms with Crippen molar-refractivity contribution in [1.29, 1.82) is 0 Å². The van der Waals surface area contributed by atoms with Crippen LogP contribution in [0.25, 0.3) is 10.2 Å². The molecule has 108 valence electrons. The van der Waals surface area contributed by atoms with Gasteiger partial charge in [0, 0.05) is 26.7 Å². The van der Waals surface area contributed by atoms with Crippen LogP contribution in [-0.2, 0) is 4.74 Å². The van der Waals surface area contributed by atoms with Crippen LogP contribution in [0.1, 0.15) is 19.8 Å². The lowest BCUT2D eigenvalue weighted by Crippen LogP contribution is -2.29. The Morgan fingerprint density at radius 2 is 2.40 bits per heavy atom. The number of likely N-dealkylation sites (N-methyl/N-ethyl adjacent to an activating group) is 1. The van der Waals surface area contributed by atoms with Crippen LogP contribution in [0.3, 0.4) is 0 Å². The molecule has 1 saturated heterocycles. The molecule has 0 amide bonds. The van der Waals surface area contributed by atoms with Gasteiger partial charge in [0.2, 0.25) is 5.95 Å². The Morgan fingerprint density at radius 1 is 1.50 bits per heavy atom. The second kappa shape index (κ2) is 5.93. The van der Waals surface area contributed by atoms with E-state index in [2.05, 4.69) is 45.6 Å². The molecule has 0 spiro atoms. The number of ether oxygens (including phenoxy) is 1. The number of nitrogens with one attached hydrogen (secondary N) is 1. The zero-order valence-corrected chi connectivity index (χ0v) is 12.7. The molecule has 0 bridgehead atoms. The molecule has 1 unspecified atom stereocenters. The van der Waals surface area contributed by atoms with Crippen LogP contribution in [0.4, 0.5) is 11.8 Å². The van der Waals surface area contributed by atoms with Gasteiger partial charge in [-0.25, -0.2) is 4.98 Å². The molecule has 1 atom stereocenters. The van der Waals surface area contributed by atoms with E-state index in [4.69, 9.17) is 4.74 Å². The zero-order chi connectivity index (χ0) is 13.9. The summed E-state index contributed by atoms with van der Waals surface area (Å²) in [5.74, 6) is 1.69. The summed E-state index contributed by atoms with van der Waals surface area (Å²) >= 11 is 1.65. The molecule has 0 aliphatic carbocycles. The van der Waals surface area contributed by atoms with Crippen LogP contribution >= 0.6 is 11.3 Å². The van der Waals surface area contributed by atoms with Crippen LogP contribution in [0.15, 0.2) is 11.4 Å². The number of thiophene rings is 1. The van der Waals surface area contributed by atoms with Gasteiger partial charge in [0.15, 0.2) is 0 Å². The van der Waals surface area contributed by atoms with E-state index in [0.717, 1.165) is 42.2 Å². The molecule has 20 heavy (non-hydrogen) atoms. The molecule has 1 N–H and O–H groups in total. The molecule has 3 heterocycles. The van der Waals surface area contributed by atoms with Crippen LogP contribution < -0.4 is 10.2 Å². The van der Waals surface area contributed by atoms with Gasteiger partial charge in [0.1, 0.15) is 10.6 Å². The molecule has 2 aromatic heterocycles. The van der Waals surface area contributed by atoms with Crippen molar-refractivity contribution in [1.82, 2.24) is 9.97 Å². The summed E-state index contributed by atoms with van der Waals surface area (Å²) in [6.07, 6.45) is 2.63. The maximum Gasteiger partial charge on any atom is 0.226 e. The fourth-order valence-corrected chi connectivity index (χ4v) is 3.31. The zero-order valence-electron chi connectivity index (χ0n) is 11.9. The third-order valence-electron chi connectivity index (χ3n) is 3.50. The minimum Gasteiger partial charge on any atom is -0.376 e. The molecule has 6 heteroatoms. The van der Waals surface area contributed by atoms with Crippen molar-refractivity contribution in [2.75, 3.05) is 37.0 Å². The summed E-state index contributed by atoms with van der Waals surface area (Å²) < 4.78 is 5.72. The van der Waals surface area contributed by atoms with Gasteiger partial charge in [-0.3, -0.25) is 0 Å². The minimum atomic E-state index is 0.325. The van der Waals surface area contributed by atoms with Gasteiger partial charge in [0.25, 0.3) is 0 Å². The average molecular weight is 292 g/mol. The van der Waals surface area contributed by atoms with Crippen molar-refractivity contribution in [3.63, 3.8) is 0 Å². The third-order valence-corrected chi connectivity index (χ3v) is 4.31. The topological polar surface area (TPSA) is 50.3 Å². The lowest BCUT2D eigenvalue weighted by Gasteiger charge is -2.22. The Morgan fingerprint density at radius 3 is 3.15 bits per heavy atom. The number of aromatic nitrogens is 2. The first-order valence-electron chi connectivity index (χ1n) is 7.09. The number of hydrogen-bond acceptors (Lipinski definition) is 6. The summed E-state index contributed by atoms with van der Waals surface area (Å²) in [7, 11) is 2.08. The first-order valence-corrected chi connectivity index (χ1v) is 7.97. The Balaban J connectivity index is 1.89. The molecule has 2 aromatic rings. The van der Waals surface area contributed by atoms with E-state index in [1.165, 1.54) is 6.42 Å². The molecule has 0 radical (unpaired) electrons. The summed E-state index contributed by atoms with van der Waals surface area (Å²) in [6, 6.07) is 2.09. The number of hydrogen-bond donors (Lipinski definition) is 1. The highest BCUT2D eigenvalue weighted by Gasteiger charge is 2.20. The summed E-state index contributed by atoms with van der Waals surface area (Å²) in [4.78, 5) is 12.4. The smallest absolute Gasteiger partial charge is 0.226 e. The van der Waals surface area contributed by atoms with E-state index in [1.54, 1.807) is 11.3 Å². The first-order chi connectivity index (χ1) is 9.78. The Kier molecular flexibility index (Phi) is 4.03. The molecule has 0 saturated carbocycles. The summed E-state index contributed by atoms with van der Waals surface area (Å²) in [5, 5.41) is 6.40. The lowest BCUT2D eigenvalue weighted by molar-refractivity contribution is 0.116. The van der Waals surface area contributed by atoms with E-state index in [0.29, 0.717) is 12.1 Å². The fraction of sp³-hybridized carbons (Fsp3) is 0.571. The van der Waals surface area contributed by atoms with Crippen LogP contribution in [0, 0.1) is 0 Å². The quantitative estimate of drug-likeness (QED) is 0.918. The monoisotopic (exact) mass is 292 g/mol. The van der Waals surface area contributed by atoms with Gasteiger partial charge >= 0.3 is 0 Å². The molecule has 1 aliphatic rings. The van der Waals surface area contributed by atoms with E-state index in [9.17, 15) is 0 Å². The molecule has 1 fully saturated rings. The minimum absolute atomic E-state index is 0.325. The van der Waals surface area contributed by atoms with Crippen LogP contribution in [0.2, 0.25) is 0 Å². The van der Waals surface area contributed by atoms with Crippen molar-refractivity contribution in [3.8, 4) is 0 Å². The molecular weight excluding hydrogens is 272 g/mol. The number of nitrogens with zero attached hydrogens (tertiary/aromatic N) is 3. The van der Waals surface area contributed by atoms with Gasteiger partial charge in [-0.05, 0) is 31.2 Å². The SMILES string of the molecule is CCNc1nc(N(C)CC2CCCO2)c2ccsc2n1. The molecule has 3 rings (SSSR count). The van der Waals surface area contributed by atoms with Crippen LogP contribution in [0.5, 0.6) is 0 Å². The van der Waals surface area contributed by atoms with Crippen molar-refractivity contribution < 1.29 is 4.74 Å². The largest absolute Gasteiger partial charge is 0.376 e. The summed E-state index contributed by atoms with van der Waals surface area (Å²) in [5.41, 5.74) is 0. The number of fused-ring (bicyclic) bond motifs is 1. The molecular formula is C14H20N4OS. The second-order valence-electron chi connectivity index (χ2n) is 5.06. The van der Waals surface area contributed by atoms with Gasteiger partial charge in [-0.2, -0.15) is 4.98 Å². The highest BCUT2D eigenvalue weighted by molar-refractivity contribution is 7.16. The van der Waals surface area contributed by atoms with E-state index >= 15 is 0 Å². The number of anilines is 2. The summed E-state index contributed by atoms with van der Waals surface area (Å²) in [6.45, 7) is 4.65. The fourth-order valence-electron chi connectivity index (χ4n) is 2.55. The number of rotatable bonds is 5. The Bertz CT molecular complexity index is 580.